The molecule has 2 aromatic rings. The number of nitrogens with one attached hydrogen (secondary N) is 2. The van der Waals surface area contributed by atoms with E-state index in [9.17, 15) is 14.7 Å². The number of hydrazine groups is 1. The third-order valence-electron chi connectivity index (χ3n) is 4.63. The predicted molar refractivity (Wildman–Crippen MR) is 86.4 cm³/mol. The van der Waals surface area contributed by atoms with Crippen LogP contribution < -0.4 is 10.7 Å². The summed E-state index contributed by atoms with van der Waals surface area (Å²) in [6, 6.07) is 15.6. The number of amides is 2. The van der Waals surface area contributed by atoms with Gasteiger partial charge in [0.1, 0.15) is 11.8 Å². The van der Waals surface area contributed by atoms with Crippen molar-refractivity contribution >= 4 is 11.8 Å². The van der Waals surface area contributed by atoms with E-state index in [1.807, 2.05) is 30.3 Å². The largest absolute Gasteiger partial charge is 0.508 e. The van der Waals surface area contributed by atoms with Crippen molar-refractivity contribution in [1.29, 1.82) is 0 Å². The lowest BCUT2D eigenvalue weighted by Crippen LogP contribution is -2.43. The fourth-order valence-electron chi connectivity index (χ4n) is 3.53. The first kappa shape index (κ1) is 14.9. The Balaban J connectivity index is 1.69. The van der Waals surface area contributed by atoms with Crippen molar-refractivity contribution in [2.24, 2.45) is 5.92 Å². The lowest BCUT2D eigenvalue weighted by atomic mass is 9.90. The molecule has 0 aromatic heterocycles. The van der Waals surface area contributed by atoms with Crippen LogP contribution in [-0.2, 0) is 16.1 Å². The van der Waals surface area contributed by atoms with Gasteiger partial charge in [0.2, 0.25) is 11.8 Å². The molecule has 2 fully saturated rings. The maximum atomic E-state index is 12.3. The molecule has 6 heteroatoms. The van der Waals surface area contributed by atoms with Crippen molar-refractivity contribution in [3.05, 3.63) is 65.7 Å². The summed E-state index contributed by atoms with van der Waals surface area (Å²) in [4.78, 5) is 24.5. The second-order valence-electron chi connectivity index (χ2n) is 6.10. The highest BCUT2D eigenvalue weighted by atomic mass is 16.3. The molecule has 2 amide bonds. The van der Waals surface area contributed by atoms with Gasteiger partial charge in [-0.05, 0) is 11.6 Å². The predicted octanol–water partition coefficient (Wildman–Crippen LogP) is 1.09. The SMILES string of the molecule is O=C1NC(=O)[C@@H]2[C@@H]1[C@H](c1ccccc1O)NN2Cc1ccccc1. The summed E-state index contributed by atoms with van der Waals surface area (Å²) in [5.41, 5.74) is 4.91. The first-order valence-corrected chi connectivity index (χ1v) is 7.84. The van der Waals surface area contributed by atoms with Gasteiger partial charge >= 0.3 is 0 Å². The van der Waals surface area contributed by atoms with Crippen LogP contribution in [0.15, 0.2) is 54.6 Å². The molecule has 0 unspecified atom stereocenters. The van der Waals surface area contributed by atoms with Crippen molar-refractivity contribution in [1.82, 2.24) is 15.8 Å². The molecule has 0 bridgehead atoms. The highest BCUT2D eigenvalue weighted by molar-refractivity contribution is 6.07. The molecule has 122 valence electrons. The van der Waals surface area contributed by atoms with Gasteiger partial charge in [-0.2, -0.15) is 0 Å². The van der Waals surface area contributed by atoms with Gasteiger partial charge < -0.3 is 5.11 Å². The Bertz CT molecular complexity index is 793. The van der Waals surface area contributed by atoms with E-state index in [1.54, 1.807) is 29.3 Å². The quantitative estimate of drug-likeness (QED) is 0.737. The molecule has 3 atom stereocenters. The third-order valence-corrected chi connectivity index (χ3v) is 4.63. The minimum atomic E-state index is -0.581. The van der Waals surface area contributed by atoms with E-state index < -0.39 is 18.0 Å². The fraction of sp³-hybridized carbons (Fsp3) is 0.222. The summed E-state index contributed by atoms with van der Waals surface area (Å²) in [6.07, 6.45) is 0. The fourth-order valence-corrected chi connectivity index (χ4v) is 3.53. The number of carbonyl (C=O) groups is 2. The number of hydrogen-bond acceptors (Lipinski definition) is 5. The molecule has 0 radical (unpaired) electrons. The third kappa shape index (κ3) is 2.36. The van der Waals surface area contributed by atoms with Gasteiger partial charge in [0.25, 0.3) is 0 Å². The monoisotopic (exact) mass is 323 g/mol. The van der Waals surface area contributed by atoms with Gasteiger partial charge in [-0.25, -0.2) is 10.4 Å². The Morgan fingerprint density at radius 3 is 2.42 bits per heavy atom. The number of rotatable bonds is 3. The molecule has 2 heterocycles. The van der Waals surface area contributed by atoms with Crippen molar-refractivity contribution < 1.29 is 14.7 Å². The molecule has 2 aromatic carbocycles. The van der Waals surface area contributed by atoms with Gasteiger partial charge in [0.15, 0.2) is 0 Å². The zero-order chi connectivity index (χ0) is 16.7. The standard InChI is InChI=1S/C18H17N3O3/c22-13-9-5-4-8-12(13)15-14-16(18(24)19-17(14)23)21(20-15)10-11-6-2-1-3-7-11/h1-9,14-16,20,22H,10H2,(H,19,23,24)/t14-,15-,16-/m0/s1. The van der Waals surface area contributed by atoms with Crippen molar-refractivity contribution in [3.8, 4) is 5.75 Å². The average molecular weight is 323 g/mol. The highest BCUT2D eigenvalue weighted by Gasteiger charge is 2.55. The molecule has 2 saturated heterocycles. The number of phenols is 1. The van der Waals surface area contributed by atoms with Crippen LogP contribution in [-0.4, -0.2) is 28.0 Å². The van der Waals surface area contributed by atoms with Crippen LogP contribution in [0.4, 0.5) is 0 Å². The molecule has 4 rings (SSSR count). The summed E-state index contributed by atoms with van der Waals surface area (Å²) in [5, 5.41) is 14.3. The summed E-state index contributed by atoms with van der Waals surface area (Å²) in [6.45, 7) is 0.493. The maximum Gasteiger partial charge on any atom is 0.246 e. The zero-order valence-electron chi connectivity index (χ0n) is 12.8. The first-order chi connectivity index (χ1) is 11.6. The van der Waals surface area contributed by atoms with Gasteiger partial charge in [-0.15, -0.1) is 0 Å². The molecule has 2 aliphatic heterocycles. The Hall–Kier alpha value is -2.70. The Morgan fingerprint density at radius 1 is 0.958 bits per heavy atom. The lowest BCUT2D eigenvalue weighted by molar-refractivity contribution is -0.127. The first-order valence-electron chi connectivity index (χ1n) is 7.84. The molecule has 0 aliphatic carbocycles. The number of nitrogens with zero attached hydrogens (tertiary/aromatic N) is 1. The molecular formula is C18H17N3O3. The highest BCUT2D eigenvalue weighted by Crippen LogP contribution is 2.40. The Labute approximate surface area is 139 Å². The lowest BCUT2D eigenvalue weighted by Gasteiger charge is -2.22. The summed E-state index contributed by atoms with van der Waals surface area (Å²) in [7, 11) is 0. The second kappa shape index (κ2) is 5.74. The number of hydrogen-bond donors (Lipinski definition) is 3. The van der Waals surface area contributed by atoms with Crippen LogP contribution in [0, 0.1) is 5.92 Å². The molecule has 3 N–H and O–H groups in total. The van der Waals surface area contributed by atoms with Crippen molar-refractivity contribution in [2.45, 2.75) is 18.6 Å². The van der Waals surface area contributed by atoms with Crippen LogP contribution >= 0.6 is 0 Å². The molecule has 24 heavy (non-hydrogen) atoms. The molecule has 0 saturated carbocycles. The van der Waals surface area contributed by atoms with E-state index in [1.165, 1.54) is 0 Å². The number of para-hydroxylation sites is 1. The van der Waals surface area contributed by atoms with Gasteiger partial charge in [-0.3, -0.25) is 14.9 Å². The van der Waals surface area contributed by atoms with Crippen molar-refractivity contribution in [2.75, 3.05) is 0 Å². The normalized spacial score (nSPS) is 26.4. The summed E-state index contributed by atoms with van der Waals surface area (Å²) in [5.74, 6) is -1.05. The van der Waals surface area contributed by atoms with Gasteiger partial charge in [0, 0.05) is 12.1 Å². The van der Waals surface area contributed by atoms with Gasteiger partial charge in [0.05, 0.1) is 12.0 Å². The van der Waals surface area contributed by atoms with Gasteiger partial charge in [-0.1, -0.05) is 48.5 Å². The average Bonchev–Trinajstić information content (AvgIpc) is 3.09. The number of fused-ring (bicyclic) bond motifs is 1. The van der Waals surface area contributed by atoms with E-state index in [4.69, 9.17) is 0 Å². The Morgan fingerprint density at radius 2 is 1.67 bits per heavy atom. The second-order valence-corrected chi connectivity index (χ2v) is 6.10. The van der Waals surface area contributed by atoms with E-state index in [2.05, 4.69) is 10.7 Å². The van der Waals surface area contributed by atoms with Crippen LogP contribution in [0.25, 0.3) is 0 Å². The van der Waals surface area contributed by atoms with E-state index in [0.717, 1.165) is 5.56 Å². The topological polar surface area (TPSA) is 81.7 Å². The van der Waals surface area contributed by atoms with Crippen LogP contribution in [0.3, 0.4) is 0 Å². The van der Waals surface area contributed by atoms with E-state index in [0.29, 0.717) is 12.1 Å². The smallest absolute Gasteiger partial charge is 0.246 e. The number of imide groups is 1. The van der Waals surface area contributed by atoms with Crippen LogP contribution in [0.2, 0.25) is 0 Å². The minimum Gasteiger partial charge on any atom is -0.508 e. The number of phenolic OH excluding ortho intramolecular Hbond substituents is 1. The molecule has 2 aliphatic rings. The summed E-state index contributed by atoms with van der Waals surface area (Å²) >= 11 is 0. The Kier molecular flexibility index (Phi) is 3.55. The minimum absolute atomic E-state index is 0.113. The number of aromatic hydroxyl groups is 1. The molecular weight excluding hydrogens is 306 g/mol. The summed E-state index contributed by atoms with van der Waals surface area (Å²) < 4.78 is 0. The van der Waals surface area contributed by atoms with Crippen molar-refractivity contribution in [3.63, 3.8) is 0 Å². The maximum absolute atomic E-state index is 12.3. The van der Waals surface area contributed by atoms with Crippen LogP contribution in [0.1, 0.15) is 17.2 Å². The number of carbonyl (C=O) groups excluding carboxylic acids is 2. The number of benzene rings is 2. The molecule has 0 spiro atoms. The zero-order valence-corrected chi connectivity index (χ0v) is 12.8. The van der Waals surface area contributed by atoms with E-state index in [-0.39, 0.29) is 17.6 Å². The molecule has 6 nitrogen and oxygen atoms in total. The van der Waals surface area contributed by atoms with Crippen LogP contribution in [0.5, 0.6) is 5.75 Å². The van der Waals surface area contributed by atoms with E-state index >= 15 is 0 Å².